The van der Waals surface area contributed by atoms with Crippen molar-refractivity contribution in [2.45, 2.75) is 63.6 Å². The van der Waals surface area contributed by atoms with Crippen LogP contribution in [0.15, 0.2) is 146 Å². The van der Waals surface area contributed by atoms with E-state index in [4.69, 9.17) is 40.0 Å². The zero-order valence-corrected chi connectivity index (χ0v) is 29.9. The molecular weight excluding hydrogens is 676 g/mol. The van der Waals surface area contributed by atoms with Crippen LogP contribution in [0.2, 0.25) is 5.02 Å². The summed E-state index contributed by atoms with van der Waals surface area (Å²) in [6.07, 6.45) is -1.56. The summed E-state index contributed by atoms with van der Waals surface area (Å²) in [6, 6.07) is 43.6. The minimum Gasteiger partial charge on any atom is -0.489 e. The second-order valence-electron chi connectivity index (χ2n) is 12.6. The highest BCUT2D eigenvalue weighted by molar-refractivity contribution is 6.31. The van der Waals surface area contributed by atoms with Crippen molar-refractivity contribution in [1.29, 1.82) is 0 Å². The molecule has 1 aliphatic rings. The van der Waals surface area contributed by atoms with Crippen LogP contribution in [0.25, 0.3) is 0 Å². The van der Waals surface area contributed by atoms with Gasteiger partial charge in [0.25, 0.3) is 0 Å². The third kappa shape index (κ3) is 10.2. The average Bonchev–Trinajstić information content (AvgIpc) is 3.19. The summed E-state index contributed by atoms with van der Waals surface area (Å²) < 4.78 is 40.2. The molecule has 0 aliphatic carbocycles. The van der Waals surface area contributed by atoms with E-state index in [1.165, 1.54) is 0 Å². The SMILES string of the molecule is C=CCOc1cc(Cl)c(CO)cc1C1O[C@H](COCc2ccccc2)[C@@H](OCc2ccccc2)[C@H](OCc2ccccc2)[C@H]1OCc1ccccc1. The Labute approximate surface area is 311 Å². The summed E-state index contributed by atoms with van der Waals surface area (Å²) in [5.41, 5.74) is 5.26. The Morgan fingerprint density at radius 2 is 1.12 bits per heavy atom. The molecule has 0 saturated carbocycles. The van der Waals surface area contributed by atoms with Crippen molar-refractivity contribution in [2.75, 3.05) is 13.2 Å². The number of hydrogen-bond donors (Lipinski definition) is 1. The summed E-state index contributed by atoms with van der Waals surface area (Å²) >= 11 is 6.62. The topological polar surface area (TPSA) is 75.6 Å². The first kappa shape index (κ1) is 37.4. The van der Waals surface area contributed by atoms with Crippen molar-refractivity contribution in [2.24, 2.45) is 0 Å². The maximum atomic E-state index is 10.3. The molecule has 5 atom stereocenters. The van der Waals surface area contributed by atoms with E-state index in [9.17, 15) is 5.11 Å². The van der Waals surface area contributed by atoms with E-state index >= 15 is 0 Å². The number of benzene rings is 5. The first-order valence-corrected chi connectivity index (χ1v) is 17.9. The van der Waals surface area contributed by atoms with Crippen LogP contribution in [0.5, 0.6) is 5.75 Å². The van der Waals surface area contributed by atoms with Gasteiger partial charge in [0, 0.05) is 10.6 Å². The molecule has 5 aromatic carbocycles. The van der Waals surface area contributed by atoms with Crippen molar-refractivity contribution in [1.82, 2.24) is 0 Å². The van der Waals surface area contributed by atoms with Gasteiger partial charge < -0.3 is 33.5 Å². The quantitative estimate of drug-likeness (QED) is 0.0907. The minimum atomic E-state index is -0.728. The molecule has 0 spiro atoms. The summed E-state index contributed by atoms with van der Waals surface area (Å²) in [7, 11) is 0. The number of rotatable bonds is 18. The predicted molar refractivity (Wildman–Crippen MR) is 202 cm³/mol. The molecule has 0 amide bonds. The molecule has 6 rings (SSSR count). The second-order valence-corrected chi connectivity index (χ2v) is 13.0. The molecule has 7 nitrogen and oxygen atoms in total. The average molecular weight is 721 g/mol. The van der Waals surface area contributed by atoms with Crippen molar-refractivity contribution in [3.63, 3.8) is 0 Å². The van der Waals surface area contributed by atoms with Crippen LogP contribution in [0, 0.1) is 0 Å². The zero-order chi connectivity index (χ0) is 36.0. The molecule has 1 fully saturated rings. The van der Waals surface area contributed by atoms with Gasteiger partial charge in [0.2, 0.25) is 0 Å². The molecule has 1 N–H and O–H groups in total. The molecule has 0 radical (unpaired) electrons. The van der Waals surface area contributed by atoms with Crippen LogP contribution in [0.1, 0.15) is 39.5 Å². The van der Waals surface area contributed by atoms with Crippen molar-refractivity contribution in [3.8, 4) is 5.75 Å². The van der Waals surface area contributed by atoms with Crippen molar-refractivity contribution >= 4 is 11.6 Å². The number of ether oxygens (including phenoxy) is 6. The maximum absolute atomic E-state index is 10.3. The molecule has 1 unspecified atom stereocenters. The largest absolute Gasteiger partial charge is 0.489 e. The fourth-order valence-corrected chi connectivity index (χ4v) is 6.49. The normalized spacial score (nSPS) is 20.0. The lowest BCUT2D eigenvalue weighted by Crippen LogP contribution is -2.58. The van der Waals surface area contributed by atoms with Crippen LogP contribution in [0.3, 0.4) is 0 Å². The van der Waals surface area contributed by atoms with Gasteiger partial charge in [-0.05, 0) is 39.9 Å². The summed E-state index contributed by atoms with van der Waals surface area (Å²) in [5.74, 6) is 0.495. The molecule has 52 heavy (non-hydrogen) atoms. The monoisotopic (exact) mass is 720 g/mol. The molecular formula is C44H45ClO7. The molecule has 1 saturated heterocycles. The van der Waals surface area contributed by atoms with E-state index < -0.39 is 30.5 Å². The summed E-state index contributed by atoms with van der Waals surface area (Å²) in [6.45, 7) is 5.35. The summed E-state index contributed by atoms with van der Waals surface area (Å²) in [5, 5.41) is 10.7. The van der Waals surface area contributed by atoms with Crippen LogP contribution >= 0.6 is 11.6 Å². The van der Waals surface area contributed by atoms with Gasteiger partial charge >= 0.3 is 0 Å². The van der Waals surface area contributed by atoms with E-state index in [2.05, 4.69) is 6.58 Å². The fraction of sp³-hybridized carbons (Fsp3) is 0.273. The van der Waals surface area contributed by atoms with Crippen molar-refractivity contribution < 1.29 is 33.5 Å². The Hall–Kier alpha value is -4.31. The molecule has 8 heteroatoms. The van der Waals surface area contributed by atoms with Gasteiger partial charge in [-0.15, -0.1) is 0 Å². The van der Waals surface area contributed by atoms with E-state index in [-0.39, 0.29) is 19.8 Å². The Bertz CT molecular complexity index is 1790. The molecule has 270 valence electrons. The lowest BCUT2D eigenvalue weighted by atomic mass is 9.89. The fourth-order valence-electron chi connectivity index (χ4n) is 6.28. The van der Waals surface area contributed by atoms with Crippen LogP contribution in [0.4, 0.5) is 0 Å². The third-order valence-electron chi connectivity index (χ3n) is 8.90. The maximum Gasteiger partial charge on any atom is 0.127 e. The van der Waals surface area contributed by atoms with E-state index in [1.807, 2.05) is 127 Å². The van der Waals surface area contributed by atoms with Gasteiger partial charge in [-0.25, -0.2) is 0 Å². The highest BCUT2D eigenvalue weighted by atomic mass is 35.5. The van der Waals surface area contributed by atoms with Gasteiger partial charge in [-0.1, -0.05) is 146 Å². The Morgan fingerprint density at radius 3 is 1.62 bits per heavy atom. The van der Waals surface area contributed by atoms with Crippen LogP contribution in [-0.2, 0) is 56.7 Å². The highest BCUT2D eigenvalue weighted by Crippen LogP contribution is 2.43. The van der Waals surface area contributed by atoms with Gasteiger partial charge in [0.05, 0.1) is 39.6 Å². The lowest BCUT2D eigenvalue weighted by molar-refractivity contribution is -0.275. The smallest absolute Gasteiger partial charge is 0.127 e. The van der Waals surface area contributed by atoms with Gasteiger partial charge in [-0.3, -0.25) is 0 Å². The van der Waals surface area contributed by atoms with Gasteiger partial charge in [-0.2, -0.15) is 0 Å². The predicted octanol–water partition coefficient (Wildman–Crippen LogP) is 8.81. The second kappa shape index (κ2) is 19.5. The van der Waals surface area contributed by atoms with Crippen LogP contribution < -0.4 is 4.74 Å². The third-order valence-corrected chi connectivity index (χ3v) is 9.25. The van der Waals surface area contributed by atoms with Crippen LogP contribution in [-0.4, -0.2) is 42.7 Å². The van der Waals surface area contributed by atoms with Crippen molar-refractivity contribution in [3.05, 3.63) is 185 Å². The first-order chi connectivity index (χ1) is 25.6. The van der Waals surface area contributed by atoms with E-state index in [0.717, 1.165) is 22.3 Å². The molecule has 5 aromatic rings. The van der Waals surface area contributed by atoms with E-state index in [1.54, 1.807) is 12.1 Å². The zero-order valence-electron chi connectivity index (χ0n) is 29.1. The highest BCUT2D eigenvalue weighted by Gasteiger charge is 2.50. The summed E-state index contributed by atoms with van der Waals surface area (Å²) in [4.78, 5) is 0. The number of aliphatic hydroxyl groups is 1. The van der Waals surface area contributed by atoms with Gasteiger partial charge in [0.1, 0.15) is 42.9 Å². The Kier molecular flexibility index (Phi) is 14.0. The minimum absolute atomic E-state index is 0.213. The number of halogens is 1. The van der Waals surface area contributed by atoms with E-state index in [0.29, 0.717) is 48.3 Å². The first-order valence-electron chi connectivity index (χ1n) is 17.5. The molecule has 1 heterocycles. The molecule has 0 aromatic heterocycles. The number of aliphatic hydroxyl groups excluding tert-OH is 1. The molecule has 1 aliphatic heterocycles. The Morgan fingerprint density at radius 1 is 0.635 bits per heavy atom. The molecule has 0 bridgehead atoms. The standard InChI is InChI=1S/C44H45ClO7/c1-2-23-48-39-25-38(45)36(26-46)24-37(39)41-43(50-29-34-19-11-5-12-20-34)44(51-30-35-21-13-6-14-22-35)42(49-28-33-17-9-4-10-18-33)40(52-41)31-47-27-32-15-7-3-8-16-32/h2-22,24-25,40-44,46H,1,23,26-31H2/t40-,41?,42-,43+,44+/m1/s1. The lowest BCUT2D eigenvalue weighted by Gasteiger charge is -2.46. The number of hydrogen-bond acceptors (Lipinski definition) is 7. The Balaban J connectivity index is 1.42. The van der Waals surface area contributed by atoms with Gasteiger partial charge in [0.15, 0.2) is 0 Å².